The third kappa shape index (κ3) is 2.39. The summed E-state index contributed by atoms with van der Waals surface area (Å²) >= 11 is 5.92. The van der Waals surface area contributed by atoms with Gasteiger partial charge in [-0.1, -0.05) is 0 Å². The van der Waals surface area contributed by atoms with Crippen molar-refractivity contribution in [3.8, 4) is 0 Å². The van der Waals surface area contributed by atoms with Crippen LogP contribution in [0.4, 0.5) is 4.39 Å². The number of nitrogens with zero attached hydrogens (tertiary/aromatic N) is 3. The molecule has 0 aromatic carbocycles. The van der Waals surface area contributed by atoms with Crippen molar-refractivity contribution in [3.63, 3.8) is 0 Å². The van der Waals surface area contributed by atoms with Crippen LogP contribution in [0.2, 0.25) is 5.28 Å². The second-order valence-electron chi connectivity index (χ2n) is 6.70. The van der Waals surface area contributed by atoms with Crippen LogP contribution in [0.3, 0.4) is 0 Å². The van der Waals surface area contributed by atoms with Crippen LogP contribution in [0.1, 0.15) is 38.6 Å². The van der Waals surface area contributed by atoms with E-state index < -0.39 is 0 Å². The van der Waals surface area contributed by atoms with Crippen LogP contribution < -0.4 is 0 Å². The zero-order valence-electron chi connectivity index (χ0n) is 13.4. The maximum Gasteiger partial charge on any atom is 0.311 e. The van der Waals surface area contributed by atoms with Crippen molar-refractivity contribution in [2.45, 2.75) is 38.6 Å². The highest BCUT2D eigenvalue weighted by Gasteiger charge is 2.49. The number of hydrogen-bond donors (Lipinski definition) is 0. The van der Waals surface area contributed by atoms with Crippen LogP contribution >= 0.6 is 11.6 Å². The minimum absolute atomic E-state index is 0.0792. The van der Waals surface area contributed by atoms with Crippen molar-refractivity contribution < 1.29 is 13.9 Å². The molecule has 0 N–H and O–H groups in total. The lowest BCUT2D eigenvalue weighted by atomic mass is 9.61. The van der Waals surface area contributed by atoms with Crippen molar-refractivity contribution >= 4 is 28.6 Å². The van der Waals surface area contributed by atoms with Gasteiger partial charge in [0.25, 0.3) is 0 Å². The van der Waals surface area contributed by atoms with E-state index in [2.05, 4.69) is 9.97 Å². The fourth-order valence-electron chi connectivity index (χ4n) is 4.59. The summed E-state index contributed by atoms with van der Waals surface area (Å²) in [6.45, 7) is 2.17. The molecule has 2 bridgehead atoms. The summed E-state index contributed by atoms with van der Waals surface area (Å²) < 4.78 is 21.5. The molecule has 128 valence electrons. The lowest BCUT2D eigenvalue weighted by molar-refractivity contribution is -0.157. The van der Waals surface area contributed by atoms with E-state index in [9.17, 15) is 9.18 Å². The zero-order chi connectivity index (χ0) is 16.8. The number of esters is 1. The number of carbonyl (C=O) groups is 1. The Labute approximate surface area is 144 Å². The van der Waals surface area contributed by atoms with E-state index in [0.717, 1.165) is 25.7 Å². The fourth-order valence-corrected chi connectivity index (χ4v) is 4.71. The van der Waals surface area contributed by atoms with Crippen LogP contribution in [0.5, 0.6) is 0 Å². The first kappa shape index (κ1) is 15.8. The Morgan fingerprint density at radius 1 is 1.38 bits per heavy atom. The molecule has 0 amide bonds. The molecule has 2 aromatic rings. The van der Waals surface area contributed by atoms with Crippen LogP contribution in [-0.4, -0.2) is 27.1 Å². The number of aromatic nitrogens is 3. The molecule has 2 atom stereocenters. The molecule has 24 heavy (non-hydrogen) atoms. The summed E-state index contributed by atoms with van der Waals surface area (Å²) in [6.07, 6.45) is 6.99. The first-order chi connectivity index (χ1) is 11.6. The second kappa shape index (κ2) is 5.99. The van der Waals surface area contributed by atoms with Gasteiger partial charge in [-0.25, -0.2) is 9.37 Å². The minimum atomic E-state index is -0.384. The SMILES string of the molecule is CCOC(=O)[C@H]1C2CCC(CC2)[C@@H]1n1cc(F)c2cnc(Cl)nc21. The average molecular weight is 352 g/mol. The van der Waals surface area contributed by atoms with E-state index in [1.165, 1.54) is 12.4 Å². The van der Waals surface area contributed by atoms with Gasteiger partial charge in [0.15, 0.2) is 5.82 Å². The van der Waals surface area contributed by atoms with Gasteiger partial charge in [0.05, 0.1) is 24.0 Å². The van der Waals surface area contributed by atoms with Crippen molar-refractivity contribution in [3.05, 3.63) is 23.5 Å². The molecule has 7 heteroatoms. The number of rotatable bonds is 3. The molecule has 0 saturated heterocycles. The number of hydrogen-bond acceptors (Lipinski definition) is 4. The largest absolute Gasteiger partial charge is 0.466 e. The van der Waals surface area contributed by atoms with Gasteiger partial charge in [0, 0.05) is 12.4 Å². The fraction of sp³-hybridized carbons (Fsp3) is 0.588. The van der Waals surface area contributed by atoms with Crippen LogP contribution in [0.25, 0.3) is 11.0 Å². The Balaban J connectivity index is 1.83. The Kier molecular flexibility index (Phi) is 3.95. The third-order valence-electron chi connectivity index (χ3n) is 5.55. The highest BCUT2D eigenvalue weighted by molar-refractivity contribution is 6.28. The second-order valence-corrected chi connectivity index (χ2v) is 7.04. The number of fused-ring (bicyclic) bond motifs is 4. The highest BCUT2D eigenvalue weighted by atomic mass is 35.5. The molecule has 3 saturated carbocycles. The molecular weight excluding hydrogens is 333 g/mol. The molecule has 3 fully saturated rings. The van der Waals surface area contributed by atoms with E-state index >= 15 is 0 Å². The molecule has 5 rings (SSSR count). The van der Waals surface area contributed by atoms with Crippen molar-refractivity contribution in [2.24, 2.45) is 17.8 Å². The van der Waals surface area contributed by atoms with E-state index in [1.807, 2.05) is 6.92 Å². The van der Waals surface area contributed by atoms with Gasteiger partial charge >= 0.3 is 5.97 Å². The number of halogens is 2. The zero-order valence-corrected chi connectivity index (χ0v) is 14.2. The smallest absolute Gasteiger partial charge is 0.311 e. The Bertz CT molecular complexity index is 785. The molecule has 0 radical (unpaired) electrons. The topological polar surface area (TPSA) is 57.0 Å². The maximum absolute atomic E-state index is 14.4. The van der Waals surface area contributed by atoms with Gasteiger partial charge in [-0.2, -0.15) is 4.98 Å². The van der Waals surface area contributed by atoms with Crippen molar-refractivity contribution in [1.82, 2.24) is 14.5 Å². The Morgan fingerprint density at radius 2 is 2.08 bits per heavy atom. The summed E-state index contributed by atoms with van der Waals surface area (Å²) in [5, 5.41) is 0.416. The molecule has 2 heterocycles. The summed E-state index contributed by atoms with van der Waals surface area (Å²) in [5.41, 5.74) is 0.458. The standard InChI is InChI=1S/C17H19ClFN3O2/c1-2-24-16(23)13-9-3-5-10(6-4-9)14(13)22-8-12(19)11-7-20-17(18)21-15(11)22/h7-10,13-14H,2-6H2,1H3/t9?,10?,13-,14-/m0/s1. The van der Waals surface area contributed by atoms with E-state index in [-0.39, 0.29) is 34.9 Å². The number of ether oxygens (including phenoxy) is 1. The van der Waals surface area contributed by atoms with Gasteiger partial charge < -0.3 is 9.30 Å². The first-order valence-electron chi connectivity index (χ1n) is 8.45. The van der Waals surface area contributed by atoms with Gasteiger partial charge in [0.1, 0.15) is 5.65 Å². The molecule has 0 aliphatic heterocycles. The molecule has 3 aliphatic rings. The number of carbonyl (C=O) groups excluding carboxylic acids is 1. The van der Waals surface area contributed by atoms with Gasteiger partial charge in [0.2, 0.25) is 5.28 Å². The maximum atomic E-state index is 14.4. The molecular formula is C17H19ClFN3O2. The predicted molar refractivity (Wildman–Crippen MR) is 87.1 cm³/mol. The van der Waals surface area contributed by atoms with Gasteiger partial charge in [-0.15, -0.1) is 0 Å². The predicted octanol–water partition coefficient (Wildman–Crippen LogP) is 3.76. The lowest BCUT2D eigenvalue weighted by Crippen LogP contribution is -2.45. The van der Waals surface area contributed by atoms with E-state index in [0.29, 0.717) is 23.6 Å². The summed E-state index contributed by atoms with van der Waals surface area (Å²) in [6, 6.07) is -0.130. The van der Waals surface area contributed by atoms with Crippen LogP contribution in [0, 0.1) is 23.6 Å². The minimum Gasteiger partial charge on any atom is -0.466 e. The summed E-state index contributed by atoms with van der Waals surface area (Å²) in [7, 11) is 0. The van der Waals surface area contributed by atoms with Crippen LogP contribution in [-0.2, 0) is 9.53 Å². The normalized spacial score (nSPS) is 29.1. The van der Waals surface area contributed by atoms with Crippen molar-refractivity contribution in [1.29, 1.82) is 0 Å². The van der Waals surface area contributed by atoms with Crippen molar-refractivity contribution in [2.75, 3.05) is 6.61 Å². The Hall–Kier alpha value is -1.69. The quantitative estimate of drug-likeness (QED) is 0.624. The van der Waals surface area contributed by atoms with Gasteiger partial charge in [-0.3, -0.25) is 4.79 Å². The molecule has 0 unspecified atom stereocenters. The lowest BCUT2D eigenvalue weighted by Gasteiger charge is -2.47. The summed E-state index contributed by atoms with van der Waals surface area (Å²) in [4.78, 5) is 20.7. The molecule has 5 nitrogen and oxygen atoms in total. The summed E-state index contributed by atoms with van der Waals surface area (Å²) in [5.74, 6) is -0.198. The monoisotopic (exact) mass is 351 g/mol. The Morgan fingerprint density at radius 3 is 2.79 bits per heavy atom. The highest BCUT2D eigenvalue weighted by Crippen LogP contribution is 2.52. The van der Waals surface area contributed by atoms with E-state index in [1.54, 1.807) is 4.57 Å². The average Bonchev–Trinajstić information content (AvgIpc) is 2.91. The molecule has 2 aromatic heterocycles. The third-order valence-corrected chi connectivity index (χ3v) is 5.73. The molecule has 0 spiro atoms. The van der Waals surface area contributed by atoms with Crippen LogP contribution in [0.15, 0.2) is 12.4 Å². The molecule has 3 aliphatic carbocycles. The van der Waals surface area contributed by atoms with Gasteiger partial charge in [-0.05, 0) is 56.0 Å². The van der Waals surface area contributed by atoms with E-state index in [4.69, 9.17) is 16.3 Å². The first-order valence-corrected chi connectivity index (χ1v) is 8.83.